The maximum atomic E-state index is 13.1. The average Bonchev–Trinajstić information content (AvgIpc) is 2.71. The Bertz CT molecular complexity index is 1230. The first kappa shape index (κ1) is 17.7. The predicted octanol–water partition coefficient (Wildman–Crippen LogP) is 5.37. The number of halogens is 1. The molecule has 1 N–H and O–H groups in total. The highest BCUT2D eigenvalue weighted by Crippen LogP contribution is 2.19. The number of benzene rings is 3. The molecule has 0 radical (unpaired) electrons. The highest BCUT2D eigenvalue weighted by Gasteiger charge is 2.13. The van der Waals surface area contributed by atoms with Crippen LogP contribution in [0.4, 0.5) is 15.8 Å². The minimum absolute atomic E-state index is 0.215. The van der Waals surface area contributed by atoms with Gasteiger partial charge in [0.1, 0.15) is 17.0 Å². The number of para-hydroxylation sites is 2. The van der Waals surface area contributed by atoms with E-state index in [2.05, 4.69) is 10.3 Å². The number of nitrogens with zero attached hydrogens (tertiary/aromatic N) is 1. The van der Waals surface area contributed by atoms with E-state index in [1.54, 1.807) is 6.07 Å². The minimum Gasteiger partial charge on any atom is -0.438 e. The molecule has 4 aromatic rings. The molecule has 0 unspecified atom stereocenters. The summed E-state index contributed by atoms with van der Waals surface area (Å²) in [7, 11) is 0. The van der Waals surface area contributed by atoms with Gasteiger partial charge in [0.25, 0.3) is 5.91 Å². The molecule has 0 aliphatic carbocycles. The van der Waals surface area contributed by atoms with Crippen molar-refractivity contribution in [3.8, 4) is 0 Å². The van der Waals surface area contributed by atoms with Crippen LogP contribution in [0.25, 0.3) is 11.0 Å². The van der Waals surface area contributed by atoms with Crippen molar-refractivity contribution in [3.63, 3.8) is 0 Å². The van der Waals surface area contributed by atoms with E-state index in [0.717, 1.165) is 16.6 Å². The summed E-state index contributed by atoms with van der Waals surface area (Å²) in [4.78, 5) is 17.5. The van der Waals surface area contributed by atoms with Gasteiger partial charge in [-0.3, -0.25) is 4.79 Å². The van der Waals surface area contributed by atoms with E-state index >= 15 is 0 Å². The van der Waals surface area contributed by atoms with Crippen LogP contribution in [0, 0.1) is 12.7 Å². The van der Waals surface area contributed by atoms with Gasteiger partial charge < -0.3 is 9.73 Å². The fourth-order valence-electron chi connectivity index (χ4n) is 2.84. The van der Waals surface area contributed by atoms with Crippen molar-refractivity contribution in [1.82, 2.24) is 0 Å². The number of anilines is 1. The van der Waals surface area contributed by atoms with Crippen molar-refractivity contribution in [3.05, 3.63) is 101 Å². The van der Waals surface area contributed by atoms with Crippen LogP contribution in [-0.4, -0.2) is 5.91 Å². The summed E-state index contributed by atoms with van der Waals surface area (Å²) >= 11 is 0. The van der Waals surface area contributed by atoms with Crippen LogP contribution in [0.3, 0.4) is 0 Å². The summed E-state index contributed by atoms with van der Waals surface area (Å²) < 4.78 is 19.1. The first-order valence-electron chi connectivity index (χ1n) is 8.80. The number of nitrogens with one attached hydrogen (secondary N) is 1. The van der Waals surface area contributed by atoms with Crippen molar-refractivity contribution in [2.24, 2.45) is 4.99 Å². The van der Waals surface area contributed by atoms with Crippen molar-refractivity contribution in [1.29, 1.82) is 0 Å². The monoisotopic (exact) mass is 372 g/mol. The standard InChI is InChI=1S/C23H17FN2O2/c1-15-6-2-4-8-20(15)26-23-19(14-16-7-3-5-9-21(16)28-23)22(27)25-18-12-10-17(24)11-13-18/h2-14H,1H3,(H,25,27). The quantitative estimate of drug-likeness (QED) is 0.526. The molecular weight excluding hydrogens is 355 g/mol. The van der Waals surface area contributed by atoms with Gasteiger partial charge in [0, 0.05) is 11.1 Å². The predicted molar refractivity (Wildman–Crippen MR) is 107 cm³/mol. The van der Waals surface area contributed by atoms with Gasteiger partial charge in [-0.15, -0.1) is 0 Å². The molecule has 0 aliphatic rings. The Kier molecular flexibility index (Phi) is 4.72. The van der Waals surface area contributed by atoms with Crippen LogP contribution >= 0.6 is 0 Å². The summed E-state index contributed by atoms with van der Waals surface area (Å²) in [5.74, 6) is -0.748. The van der Waals surface area contributed by atoms with Gasteiger partial charge in [0.2, 0.25) is 5.55 Å². The van der Waals surface area contributed by atoms with Crippen molar-refractivity contribution in [2.75, 3.05) is 5.32 Å². The van der Waals surface area contributed by atoms with Crippen LogP contribution < -0.4 is 10.9 Å². The fourth-order valence-corrected chi connectivity index (χ4v) is 2.84. The third-order valence-corrected chi connectivity index (χ3v) is 4.34. The molecule has 28 heavy (non-hydrogen) atoms. The number of hydrogen-bond acceptors (Lipinski definition) is 3. The second-order valence-corrected chi connectivity index (χ2v) is 6.36. The molecule has 0 saturated heterocycles. The SMILES string of the molecule is Cc1ccccc1N=c1oc2ccccc2cc1C(=O)Nc1ccc(F)cc1. The summed E-state index contributed by atoms with van der Waals surface area (Å²) in [5.41, 5.74) is 3.32. The minimum atomic E-state index is -0.381. The number of hydrogen-bond donors (Lipinski definition) is 1. The molecule has 1 heterocycles. The number of carbonyl (C=O) groups is 1. The van der Waals surface area contributed by atoms with Crippen LogP contribution in [0.5, 0.6) is 0 Å². The molecule has 0 saturated carbocycles. The summed E-state index contributed by atoms with van der Waals surface area (Å²) in [5, 5.41) is 3.55. The molecule has 0 fully saturated rings. The van der Waals surface area contributed by atoms with E-state index in [0.29, 0.717) is 16.8 Å². The zero-order valence-corrected chi connectivity index (χ0v) is 15.1. The Morgan fingerprint density at radius 2 is 1.68 bits per heavy atom. The normalized spacial score (nSPS) is 11.6. The third-order valence-electron chi connectivity index (χ3n) is 4.34. The lowest BCUT2D eigenvalue weighted by Gasteiger charge is -2.07. The maximum absolute atomic E-state index is 13.1. The largest absolute Gasteiger partial charge is 0.438 e. The van der Waals surface area contributed by atoms with Gasteiger partial charge in [-0.05, 0) is 55.0 Å². The fraction of sp³-hybridized carbons (Fsp3) is 0.0435. The molecule has 1 aromatic heterocycles. The number of carbonyl (C=O) groups excluding carboxylic acids is 1. The van der Waals surface area contributed by atoms with E-state index in [9.17, 15) is 9.18 Å². The molecule has 1 amide bonds. The van der Waals surface area contributed by atoms with E-state index in [-0.39, 0.29) is 17.3 Å². The lowest BCUT2D eigenvalue weighted by molar-refractivity contribution is 0.102. The number of aryl methyl sites for hydroxylation is 1. The smallest absolute Gasteiger partial charge is 0.261 e. The molecule has 138 valence electrons. The van der Waals surface area contributed by atoms with Gasteiger partial charge in [-0.2, -0.15) is 0 Å². The summed E-state index contributed by atoms with van der Waals surface area (Å²) in [6, 6.07) is 22.4. The third kappa shape index (κ3) is 3.69. The van der Waals surface area contributed by atoms with E-state index in [4.69, 9.17) is 4.42 Å². The van der Waals surface area contributed by atoms with Gasteiger partial charge in [-0.1, -0.05) is 36.4 Å². The van der Waals surface area contributed by atoms with Crippen molar-refractivity contribution in [2.45, 2.75) is 6.92 Å². The van der Waals surface area contributed by atoms with Crippen LogP contribution in [0.2, 0.25) is 0 Å². The average molecular weight is 372 g/mol. The van der Waals surface area contributed by atoms with Crippen LogP contribution in [0.1, 0.15) is 15.9 Å². The molecule has 3 aromatic carbocycles. The lowest BCUT2D eigenvalue weighted by atomic mass is 10.1. The van der Waals surface area contributed by atoms with E-state index < -0.39 is 0 Å². The van der Waals surface area contributed by atoms with Gasteiger partial charge in [-0.25, -0.2) is 9.38 Å². The van der Waals surface area contributed by atoms with Crippen molar-refractivity contribution < 1.29 is 13.6 Å². The molecule has 4 nitrogen and oxygen atoms in total. The highest BCUT2D eigenvalue weighted by molar-refractivity contribution is 6.05. The Hall–Kier alpha value is -3.73. The Morgan fingerprint density at radius 1 is 0.964 bits per heavy atom. The molecule has 4 rings (SSSR count). The lowest BCUT2D eigenvalue weighted by Crippen LogP contribution is -2.21. The van der Waals surface area contributed by atoms with Gasteiger partial charge in [0.15, 0.2) is 0 Å². The number of rotatable bonds is 3. The highest BCUT2D eigenvalue weighted by atomic mass is 19.1. The zero-order chi connectivity index (χ0) is 19.5. The maximum Gasteiger partial charge on any atom is 0.261 e. The topological polar surface area (TPSA) is 54.6 Å². The van der Waals surface area contributed by atoms with E-state index in [1.165, 1.54) is 24.3 Å². The summed E-state index contributed by atoms with van der Waals surface area (Å²) in [6.45, 7) is 1.94. The van der Waals surface area contributed by atoms with Crippen molar-refractivity contribution >= 4 is 28.3 Å². The molecule has 0 spiro atoms. The Morgan fingerprint density at radius 3 is 2.46 bits per heavy atom. The second kappa shape index (κ2) is 7.48. The Labute approximate surface area is 161 Å². The van der Waals surface area contributed by atoms with Gasteiger partial charge >= 0.3 is 0 Å². The molecule has 5 heteroatoms. The molecular formula is C23H17FN2O2. The second-order valence-electron chi connectivity index (χ2n) is 6.36. The number of fused-ring (bicyclic) bond motifs is 1. The van der Waals surface area contributed by atoms with Crippen LogP contribution in [-0.2, 0) is 0 Å². The summed E-state index contributed by atoms with van der Waals surface area (Å²) in [6.07, 6.45) is 0. The first-order chi connectivity index (χ1) is 13.6. The van der Waals surface area contributed by atoms with Crippen LogP contribution in [0.15, 0.2) is 88.3 Å². The first-order valence-corrected chi connectivity index (χ1v) is 8.80. The Balaban J connectivity index is 1.84. The number of amides is 1. The molecule has 0 atom stereocenters. The van der Waals surface area contributed by atoms with Gasteiger partial charge in [0.05, 0.1) is 5.69 Å². The zero-order valence-electron chi connectivity index (χ0n) is 15.1. The van der Waals surface area contributed by atoms with E-state index in [1.807, 2.05) is 55.5 Å². The molecule has 0 bridgehead atoms. The molecule has 0 aliphatic heterocycles.